The molecule has 0 spiro atoms. The minimum atomic E-state index is 0.869. The number of benzene rings is 10. The van der Waals surface area contributed by atoms with Crippen LogP contribution in [0.3, 0.4) is 0 Å². The van der Waals surface area contributed by atoms with Gasteiger partial charge in [-0.05, 0) is 116 Å². The monoisotopic (exact) mass is 848 g/mol. The van der Waals surface area contributed by atoms with E-state index in [4.69, 9.17) is 9.40 Å². The summed E-state index contributed by atoms with van der Waals surface area (Å²) in [7, 11) is 0. The zero-order chi connectivity index (χ0) is 43.1. The van der Waals surface area contributed by atoms with Gasteiger partial charge in [0.15, 0.2) is 0 Å². The van der Waals surface area contributed by atoms with Gasteiger partial charge in [0.1, 0.15) is 16.2 Å². The highest BCUT2D eigenvalue weighted by Crippen LogP contribution is 2.42. The Labute approximate surface area is 381 Å². The maximum absolute atomic E-state index is 6.53. The van der Waals surface area contributed by atoms with Crippen LogP contribution in [0.5, 0.6) is 0 Å². The van der Waals surface area contributed by atoms with Crippen molar-refractivity contribution >= 4 is 60.6 Å². The zero-order valence-electron chi connectivity index (χ0n) is 35.3. The maximum Gasteiger partial charge on any atom is 0.137 e. The first kappa shape index (κ1) is 38.4. The molecule has 0 atom stereocenters. The Bertz CT molecular complexity index is 3600. The summed E-state index contributed by atoms with van der Waals surface area (Å²) in [4.78, 5) is 7.34. The van der Waals surface area contributed by atoms with Gasteiger partial charge in [-0.1, -0.05) is 182 Å². The van der Waals surface area contributed by atoms with Crippen LogP contribution in [-0.4, -0.2) is 4.98 Å². The molecule has 2 aromatic heterocycles. The lowest BCUT2D eigenvalue weighted by Crippen LogP contribution is -2.10. The van der Waals surface area contributed by atoms with E-state index in [0.29, 0.717) is 0 Å². The lowest BCUT2D eigenvalue weighted by atomic mass is 9.99. The molecule has 0 radical (unpaired) electrons. The summed E-state index contributed by atoms with van der Waals surface area (Å²) < 4.78 is 7.68. The van der Waals surface area contributed by atoms with Crippen molar-refractivity contribution in [1.82, 2.24) is 4.98 Å². The van der Waals surface area contributed by atoms with E-state index in [1.807, 2.05) is 6.07 Å². The number of furan rings is 1. The Kier molecular flexibility index (Phi) is 9.70. The highest BCUT2D eigenvalue weighted by atomic mass is 32.1. The molecule has 0 aliphatic heterocycles. The highest BCUT2D eigenvalue weighted by Gasteiger charge is 2.18. The van der Waals surface area contributed by atoms with Crippen LogP contribution in [0.25, 0.3) is 98.4 Å². The molecule has 12 rings (SSSR count). The molecule has 12 aromatic rings. The number of rotatable bonds is 9. The fourth-order valence-corrected chi connectivity index (χ4v) is 10.1. The van der Waals surface area contributed by atoms with E-state index in [1.165, 1.54) is 38.9 Å². The van der Waals surface area contributed by atoms with E-state index in [-0.39, 0.29) is 0 Å². The van der Waals surface area contributed by atoms with Crippen LogP contribution < -0.4 is 4.90 Å². The van der Waals surface area contributed by atoms with E-state index in [9.17, 15) is 0 Å². The van der Waals surface area contributed by atoms with E-state index < -0.39 is 0 Å². The maximum atomic E-state index is 6.53. The van der Waals surface area contributed by atoms with Crippen molar-refractivity contribution in [3.05, 3.63) is 243 Å². The smallest absolute Gasteiger partial charge is 0.137 e. The van der Waals surface area contributed by atoms with Gasteiger partial charge in [-0.3, -0.25) is 0 Å². The summed E-state index contributed by atoms with van der Waals surface area (Å²) in [5.74, 6) is 0. The van der Waals surface area contributed by atoms with Gasteiger partial charge in [0, 0.05) is 33.4 Å². The van der Waals surface area contributed by atoms with Gasteiger partial charge in [0.25, 0.3) is 0 Å². The fourth-order valence-electron chi connectivity index (χ4n) is 8.98. The van der Waals surface area contributed by atoms with Gasteiger partial charge < -0.3 is 9.32 Å². The second-order valence-corrected chi connectivity index (χ2v) is 17.4. The SMILES string of the molecule is c1ccc(-c2ccc(-c3ccc(N(c4ccc(-c5ccc6c(c5)oc5ccc7nc(-c8ccccc8)sc7c56)cc4)c4cccc(-c5ccc(-c6ccccc6)cc5)c4)cc3)cc2)cc1. The molecule has 0 amide bonds. The van der Waals surface area contributed by atoms with Gasteiger partial charge in [-0.15, -0.1) is 11.3 Å². The molecular weight excluding hydrogens is 809 g/mol. The zero-order valence-corrected chi connectivity index (χ0v) is 36.1. The van der Waals surface area contributed by atoms with Crippen LogP contribution >= 0.6 is 11.3 Å². The third-order valence-electron chi connectivity index (χ3n) is 12.4. The van der Waals surface area contributed by atoms with Crippen LogP contribution in [0.2, 0.25) is 0 Å². The van der Waals surface area contributed by atoms with Crippen molar-refractivity contribution in [3.63, 3.8) is 0 Å². The Morgan fingerprint density at radius 3 is 1.29 bits per heavy atom. The van der Waals surface area contributed by atoms with Gasteiger partial charge in [-0.2, -0.15) is 0 Å². The quantitative estimate of drug-likeness (QED) is 0.145. The summed E-state index contributed by atoms with van der Waals surface area (Å²) >= 11 is 1.72. The average molecular weight is 849 g/mol. The van der Waals surface area contributed by atoms with E-state index in [0.717, 1.165) is 76.5 Å². The van der Waals surface area contributed by atoms with Crippen molar-refractivity contribution in [2.45, 2.75) is 0 Å². The van der Waals surface area contributed by atoms with Crippen molar-refractivity contribution in [3.8, 4) is 66.2 Å². The Morgan fingerprint density at radius 2 is 0.754 bits per heavy atom. The summed E-state index contributed by atoms with van der Waals surface area (Å²) in [6.07, 6.45) is 0. The molecule has 0 bridgehead atoms. The number of nitrogens with zero attached hydrogens (tertiary/aromatic N) is 2. The van der Waals surface area contributed by atoms with E-state index in [1.54, 1.807) is 11.3 Å². The minimum absolute atomic E-state index is 0.869. The molecule has 0 N–H and O–H groups in total. The minimum Gasteiger partial charge on any atom is -0.456 e. The van der Waals surface area contributed by atoms with E-state index >= 15 is 0 Å². The molecule has 306 valence electrons. The first-order valence-electron chi connectivity index (χ1n) is 21.9. The van der Waals surface area contributed by atoms with Crippen LogP contribution in [-0.2, 0) is 0 Å². The average Bonchev–Trinajstić information content (AvgIpc) is 4.00. The number of anilines is 3. The van der Waals surface area contributed by atoms with E-state index in [2.05, 4.69) is 241 Å². The predicted molar refractivity (Wildman–Crippen MR) is 274 cm³/mol. The molecule has 10 aromatic carbocycles. The molecule has 0 aliphatic carbocycles. The van der Waals surface area contributed by atoms with Crippen LogP contribution in [0, 0.1) is 0 Å². The Hall–Kier alpha value is -8.31. The predicted octanol–water partition coefficient (Wildman–Crippen LogP) is 17.7. The fraction of sp³-hybridized carbons (Fsp3) is 0. The van der Waals surface area contributed by atoms with Crippen LogP contribution in [0.1, 0.15) is 0 Å². The van der Waals surface area contributed by atoms with Crippen LogP contribution in [0.15, 0.2) is 247 Å². The number of thiazole rings is 1. The summed E-state index contributed by atoms with van der Waals surface area (Å²) in [6.45, 7) is 0. The lowest BCUT2D eigenvalue weighted by molar-refractivity contribution is 0.669. The standard InChI is InChI=1S/C61H40N2OS/c1-4-11-41(12-5-1)43-19-21-45(22-20-43)46-27-32-52(33-28-46)63(54-18-10-17-50(39-54)47-25-23-44(24-26-47)42-13-6-2-7-14-42)53-34-29-48(30-35-53)51-31-36-55-58(40-51)64-57-38-37-56-60(59(55)57)65-61(62-56)49-15-8-3-9-16-49/h1-40H. The van der Waals surface area contributed by atoms with Gasteiger partial charge in [0.05, 0.1) is 10.2 Å². The molecule has 0 saturated heterocycles. The molecule has 0 unspecified atom stereocenters. The third-order valence-corrected chi connectivity index (χ3v) is 13.5. The van der Waals surface area contributed by atoms with Crippen molar-refractivity contribution in [2.24, 2.45) is 0 Å². The molecule has 65 heavy (non-hydrogen) atoms. The largest absolute Gasteiger partial charge is 0.456 e. The number of fused-ring (bicyclic) bond motifs is 5. The molecule has 2 heterocycles. The summed E-state index contributed by atoms with van der Waals surface area (Å²) in [5.41, 5.74) is 18.8. The first-order chi connectivity index (χ1) is 32.2. The summed E-state index contributed by atoms with van der Waals surface area (Å²) in [5, 5.41) is 3.24. The van der Waals surface area contributed by atoms with Gasteiger partial charge in [0.2, 0.25) is 0 Å². The molecular formula is C61H40N2OS. The second-order valence-electron chi connectivity index (χ2n) is 16.4. The molecule has 0 fully saturated rings. The van der Waals surface area contributed by atoms with Gasteiger partial charge in [-0.25, -0.2) is 4.98 Å². The number of aromatic nitrogens is 1. The van der Waals surface area contributed by atoms with Crippen molar-refractivity contribution in [1.29, 1.82) is 0 Å². The second kappa shape index (κ2) is 16.4. The number of hydrogen-bond donors (Lipinski definition) is 0. The highest BCUT2D eigenvalue weighted by molar-refractivity contribution is 7.22. The van der Waals surface area contributed by atoms with Crippen LogP contribution in [0.4, 0.5) is 17.1 Å². The molecule has 0 aliphatic rings. The summed E-state index contributed by atoms with van der Waals surface area (Å²) in [6, 6.07) is 86.5. The van der Waals surface area contributed by atoms with Crippen molar-refractivity contribution in [2.75, 3.05) is 4.90 Å². The van der Waals surface area contributed by atoms with Crippen molar-refractivity contribution < 1.29 is 4.42 Å². The number of hydrogen-bond acceptors (Lipinski definition) is 4. The Morgan fingerprint density at radius 1 is 0.323 bits per heavy atom. The first-order valence-corrected chi connectivity index (χ1v) is 22.7. The van der Waals surface area contributed by atoms with Gasteiger partial charge >= 0.3 is 0 Å². The Balaban J connectivity index is 0.887. The molecule has 4 heteroatoms. The molecule has 3 nitrogen and oxygen atoms in total. The molecule has 0 saturated carbocycles. The topological polar surface area (TPSA) is 29.3 Å². The normalized spacial score (nSPS) is 11.4. The lowest BCUT2D eigenvalue weighted by Gasteiger charge is -2.26. The third kappa shape index (κ3) is 7.36.